The second-order valence-electron chi connectivity index (χ2n) is 6.85. The maximum Gasteiger partial charge on any atom is 0.240 e. The van der Waals surface area contributed by atoms with Gasteiger partial charge in [-0.2, -0.15) is 0 Å². The normalized spacial score (nSPS) is 10.6. The van der Waals surface area contributed by atoms with Crippen LogP contribution in [0.3, 0.4) is 0 Å². The molecule has 7 nitrogen and oxygen atoms in total. The molecule has 0 bridgehead atoms. The Morgan fingerprint density at radius 2 is 1.93 bits per heavy atom. The summed E-state index contributed by atoms with van der Waals surface area (Å²) in [6, 6.07) is 5.75. The quantitative estimate of drug-likeness (QED) is 0.618. The van der Waals surface area contributed by atoms with Crippen LogP contribution in [0.4, 0.5) is 15.2 Å². The molecule has 1 aromatic heterocycles. The fraction of sp³-hybridized carbons (Fsp3) is 0.400. The Kier molecular flexibility index (Phi) is 8.72. The number of amides is 3. The number of rotatable bonds is 10. The molecular formula is C20H25FN4O3S. The van der Waals surface area contributed by atoms with Crippen molar-refractivity contribution in [3.63, 3.8) is 0 Å². The zero-order chi connectivity index (χ0) is 21.2. The zero-order valence-corrected chi connectivity index (χ0v) is 17.3. The van der Waals surface area contributed by atoms with Gasteiger partial charge in [-0.25, -0.2) is 9.37 Å². The fourth-order valence-corrected chi connectivity index (χ4v) is 3.05. The van der Waals surface area contributed by atoms with E-state index in [0.717, 1.165) is 11.3 Å². The molecule has 29 heavy (non-hydrogen) atoms. The van der Waals surface area contributed by atoms with Gasteiger partial charge in [-0.3, -0.25) is 14.4 Å². The van der Waals surface area contributed by atoms with Crippen LogP contribution in [-0.4, -0.2) is 35.8 Å². The van der Waals surface area contributed by atoms with E-state index in [-0.39, 0.29) is 36.9 Å². The Bertz CT molecular complexity index is 827. The first-order valence-corrected chi connectivity index (χ1v) is 10.3. The molecule has 3 amide bonds. The van der Waals surface area contributed by atoms with Gasteiger partial charge in [0.1, 0.15) is 12.4 Å². The molecule has 0 spiro atoms. The molecular weight excluding hydrogens is 395 g/mol. The number of benzene rings is 1. The van der Waals surface area contributed by atoms with Crippen LogP contribution in [0.15, 0.2) is 35.8 Å². The van der Waals surface area contributed by atoms with Gasteiger partial charge >= 0.3 is 0 Å². The third-order valence-electron chi connectivity index (χ3n) is 4.03. The Morgan fingerprint density at radius 3 is 2.59 bits per heavy atom. The predicted molar refractivity (Wildman–Crippen MR) is 111 cm³/mol. The van der Waals surface area contributed by atoms with E-state index in [1.165, 1.54) is 29.5 Å². The summed E-state index contributed by atoms with van der Waals surface area (Å²) in [5.74, 6) is -1.44. The first-order chi connectivity index (χ1) is 13.9. The summed E-state index contributed by atoms with van der Waals surface area (Å²) in [6.07, 6.45) is 2.10. The summed E-state index contributed by atoms with van der Waals surface area (Å²) in [7, 11) is 0. The smallest absolute Gasteiger partial charge is 0.240 e. The first kappa shape index (κ1) is 22.5. The number of nitrogens with one attached hydrogen (secondary N) is 2. The highest BCUT2D eigenvalue weighted by molar-refractivity contribution is 7.13. The number of halogens is 1. The summed E-state index contributed by atoms with van der Waals surface area (Å²) in [4.78, 5) is 42.0. The summed E-state index contributed by atoms with van der Waals surface area (Å²) < 4.78 is 14.2. The minimum Gasteiger partial charge on any atom is -0.355 e. The number of nitrogens with zero attached hydrogens (tertiary/aromatic N) is 2. The lowest BCUT2D eigenvalue weighted by Crippen LogP contribution is -2.42. The van der Waals surface area contributed by atoms with Gasteiger partial charge in [-0.05, 0) is 24.5 Å². The molecule has 2 rings (SSSR count). The average Bonchev–Trinajstić information content (AvgIpc) is 3.17. The molecule has 2 N–H and O–H groups in total. The lowest BCUT2D eigenvalue weighted by atomic mass is 10.1. The van der Waals surface area contributed by atoms with Crippen molar-refractivity contribution >= 4 is 39.9 Å². The Labute approximate surface area is 173 Å². The van der Waals surface area contributed by atoms with E-state index in [0.29, 0.717) is 17.6 Å². The molecule has 0 aliphatic heterocycles. The number of hydrogen-bond donors (Lipinski definition) is 2. The molecule has 0 aliphatic carbocycles. The average molecular weight is 421 g/mol. The van der Waals surface area contributed by atoms with E-state index in [9.17, 15) is 18.8 Å². The van der Waals surface area contributed by atoms with Crippen molar-refractivity contribution in [2.45, 2.75) is 33.1 Å². The summed E-state index contributed by atoms with van der Waals surface area (Å²) >= 11 is 1.27. The van der Waals surface area contributed by atoms with E-state index in [1.54, 1.807) is 17.6 Å². The standard InChI is InChI=1S/C20H25FN4O3S/c1-14(2)9-10-22-18(27)13-25(16-6-4-3-5-15(16)21)19(28)8-7-17(26)24-20-23-11-12-29-20/h3-6,11-12,14H,7-10,13H2,1-2H3,(H,22,27)(H,23,24,26). The van der Waals surface area contributed by atoms with Gasteiger partial charge in [0.15, 0.2) is 5.13 Å². The molecule has 0 fully saturated rings. The summed E-state index contributed by atoms with van der Waals surface area (Å²) in [5, 5.41) is 7.50. The van der Waals surface area contributed by atoms with Crippen molar-refractivity contribution in [2.75, 3.05) is 23.3 Å². The molecule has 9 heteroatoms. The molecule has 0 aliphatic rings. The fourth-order valence-electron chi connectivity index (χ4n) is 2.50. The van der Waals surface area contributed by atoms with Gasteiger partial charge in [0.25, 0.3) is 0 Å². The van der Waals surface area contributed by atoms with Gasteiger partial charge < -0.3 is 15.5 Å². The third-order valence-corrected chi connectivity index (χ3v) is 4.72. The Morgan fingerprint density at radius 1 is 1.17 bits per heavy atom. The molecule has 0 saturated carbocycles. The largest absolute Gasteiger partial charge is 0.355 e. The number of carbonyl (C=O) groups is 3. The Balaban J connectivity index is 2.00. The van der Waals surface area contributed by atoms with Gasteiger partial charge in [-0.1, -0.05) is 26.0 Å². The minimum absolute atomic E-state index is 0.0110. The topological polar surface area (TPSA) is 91.4 Å². The molecule has 0 atom stereocenters. The molecule has 0 radical (unpaired) electrons. The van der Waals surface area contributed by atoms with E-state index in [2.05, 4.69) is 15.6 Å². The van der Waals surface area contributed by atoms with Crippen molar-refractivity contribution in [1.82, 2.24) is 10.3 Å². The SMILES string of the molecule is CC(C)CCNC(=O)CN(C(=O)CCC(=O)Nc1nccs1)c1ccccc1F. The minimum atomic E-state index is -0.608. The molecule has 156 valence electrons. The van der Waals surface area contributed by atoms with Crippen LogP contribution in [0, 0.1) is 11.7 Å². The van der Waals surface area contributed by atoms with Crippen molar-refractivity contribution in [1.29, 1.82) is 0 Å². The predicted octanol–water partition coefficient (Wildman–Crippen LogP) is 3.20. The second kappa shape index (κ2) is 11.3. The van der Waals surface area contributed by atoms with E-state index >= 15 is 0 Å². The molecule has 0 saturated heterocycles. The van der Waals surface area contributed by atoms with Crippen LogP contribution in [0.25, 0.3) is 0 Å². The van der Waals surface area contributed by atoms with E-state index < -0.39 is 11.7 Å². The monoisotopic (exact) mass is 420 g/mol. The van der Waals surface area contributed by atoms with Crippen LogP contribution in [-0.2, 0) is 14.4 Å². The van der Waals surface area contributed by atoms with Crippen LogP contribution in [0.5, 0.6) is 0 Å². The van der Waals surface area contributed by atoms with Crippen LogP contribution >= 0.6 is 11.3 Å². The number of anilines is 2. The maximum atomic E-state index is 14.2. The van der Waals surface area contributed by atoms with Gasteiger partial charge in [0.2, 0.25) is 17.7 Å². The van der Waals surface area contributed by atoms with Crippen molar-refractivity contribution in [3.05, 3.63) is 41.7 Å². The molecule has 1 heterocycles. The highest BCUT2D eigenvalue weighted by Crippen LogP contribution is 2.20. The zero-order valence-electron chi connectivity index (χ0n) is 16.5. The van der Waals surface area contributed by atoms with Crippen LogP contribution in [0.1, 0.15) is 33.1 Å². The van der Waals surface area contributed by atoms with Gasteiger partial charge in [-0.15, -0.1) is 11.3 Å². The van der Waals surface area contributed by atoms with Crippen molar-refractivity contribution in [2.24, 2.45) is 5.92 Å². The van der Waals surface area contributed by atoms with Gasteiger partial charge in [0, 0.05) is 31.0 Å². The molecule has 0 unspecified atom stereocenters. The number of para-hydroxylation sites is 1. The summed E-state index contributed by atoms with van der Waals surface area (Å²) in [5.41, 5.74) is 0.0110. The molecule has 1 aromatic carbocycles. The molecule has 2 aromatic rings. The van der Waals surface area contributed by atoms with E-state index in [1.807, 2.05) is 13.8 Å². The van der Waals surface area contributed by atoms with Crippen molar-refractivity contribution < 1.29 is 18.8 Å². The lowest BCUT2D eigenvalue weighted by Gasteiger charge is -2.23. The van der Waals surface area contributed by atoms with Crippen LogP contribution in [0.2, 0.25) is 0 Å². The van der Waals surface area contributed by atoms with E-state index in [4.69, 9.17) is 0 Å². The van der Waals surface area contributed by atoms with Crippen molar-refractivity contribution in [3.8, 4) is 0 Å². The van der Waals surface area contributed by atoms with Crippen LogP contribution < -0.4 is 15.5 Å². The number of thiazole rings is 1. The highest BCUT2D eigenvalue weighted by atomic mass is 32.1. The van der Waals surface area contributed by atoms with Gasteiger partial charge in [0.05, 0.1) is 5.69 Å². The lowest BCUT2D eigenvalue weighted by molar-refractivity contribution is -0.125. The third kappa shape index (κ3) is 7.61. The second-order valence-corrected chi connectivity index (χ2v) is 7.74. The highest BCUT2D eigenvalue weighted by Gasteiger charge is 2.22. The number of carbonyl (C=O) groups excluding carboxylic acids is 3. The maximum absolute atomic E-state index is 14.2. The first-order valence-electron chi connectivity index (χ1n) is 9.37. The number of hydrogen-bond acceptors (Lipinski definition) is 5. The Hall–Kier alpha value is -2.81. The number of aromatic nitrogens is 1. The summed E-state index contributed by atoms with van der Waals surface area (Å²) in [6.45, 7) is 4.24.